The number of hydrogen-bond donors (Lipinski definition) is 2. The van der Waals surface area contributed by atoms with Crippen molar-refractivity contribution in [2.24, 2.45) is 5.11 Å². The van der Waals surface area contributed by atoms with Gasteiger partial charge in [-0.15, -0.1) is 0 Å². The van der Waals surface area contributed by atoms with E-state index in [1.165, 1.54) is 0 Å². The Labute approximate surface area is 72.3 Å². The number of hydrogen-bond acceptors (Lipinski definition) is 2. The lowest BCUT2D eigenvalue weighted by atomic mass is 10.2. The van der Waals surface area contributed by atoms with E-state index in [1.54, 1.807) is 0 Å². The van der Waals surface area contributed by atoms with Crippen molar-refractivity contribution in [3.05, 3.63) is 23.8 Å². The van der Waals surface area contributed by atoms with Crippen LogP contribution in [-0.4, -0.2) is 6.54 Å². The van der Waals surface area contributed by atoms with Crippen LogP contribution in [0.2, 0.25) is 0 Å². The minimum Gasteiger partial charge on any atom is -0.312 e. The average Bonchev–Trinajstić information content (AvgIpc) is 2.08. The molecule has 0 heterocycles. The molecular weight excluding hydrogens is 150 g/mol. The zero-order chi connectivity index (χ0) is 8.97. The van der Waals surface area contributed by atoms with E-state index >= 15 is 0 Å². The fourth-order valence-corrected chi connectivity index (χ4v) is 1.14. The van der Waals surface area contributed by atoms with Crippen LogP contribution >= 0.6 is 0 Å². The van der Waals surface area contributed by atoms with Crippen molar-refractivity contribution < 1.29 is 5.32 Å². The Morgan fingerprint density at radius 3 is 2.83 bits per heavy atom. The maximum atomic E-state index is 6.96. The highest BCUT2D eigenvalue weighted by Gasteiger charge is 2.03. The standard InChI is InChI=1S/C9H13N3/c1-3-11-8-5-4-7(2)6-9(8)12-10/h4-6,10-11H,3H2,1-2H3/p+1. The summed E-state index contributed by atoms with van der Waals surface area (Å²) in [5, 5.41) is 5.54. The second-order valence-corrected chi connectivity index (χ2v) is 2.79. The molecule has 12 heavy (non-hydrogen) atoms. The van der Waals surface area contributed by atoms with E-state index in [1.807, 2.05) is 25.1 Å². The fraction of sp³-hybridized carbons (Fsp3) is 0.333. The van der Waals surface area contributed by atoms with E-state index in [9.17, 15) is 0 Å². The molecule has 1 rings (SSSR count). The van der Waals surface area contributed by atoms with Crippen LogP contribution < -0.4 is 5.32 Å². The SMILES string of the molecule is CC[NH2+]c1ccc(C)cc1N=N. The van der Waals surface area contributed by atoms with Crippen LogP contribution in [0.4, 0.5) is 11.4 Å². The number of aryl methyl sites for hydroxylation is 1. The van der Waals surface area contributed by atoms with Crippen LogP contribution in [0.15, 0.2) is 23.3 Å². The van der Waals surface area contributed by atoms with Gasteiger partial charge in [-0.2, -0.15) is 5.11 Å². The van der Waals surface area contributed by atoms with Gasteiger partial charge in [0.15, 0.2) is 5.69 Å². The van der Waals surface area contributed by atoms with Crippen LogP contribution in [0.3, 0.4) is 0 Å². The van der Waals surface area contributed by atoms with Crippen molar-refractivity contribution in [1.29, 1.82) is 5.53 Å². The quantitative estimate of drug-likeness (QED) is 0.506. The zero-order valence-corrected chi connectivity index (χ0v) is 7.46. The van der Waals surface area contributed by atoms with Gasteiger partial charge >= 0.3 is 0 Å². The molecule has 0 aliphatic heterocycles. The Morgan fingerprint density at radius 2 is 2.25 bits per heavy atom. The van der Waals surface area contributed by atoms with E-state index in [4.69, 9.17) is 5.53 Å². The highest BCUT2D eigenvalue weighted by atomic mass is 15.0. The van der Waals surface area contributed by atoms with Gasteiger partial charge in [-0.25, -0.2) is 5.53 Å². The van der Waals surface area contributed by atoms with Gasteiger partial charge in [0, 0.05) is 6.07 Å². The second kappa shape index (κ2) is 3.97. The lowest BCUT2D eigenvalue weighted by molar-refractivity contribution is -0.567. The molecule has 1 aromatic carbocycles. The molecule has 0 aliphatic carbocycles. The zero-order valence-electron chi connectivity index (χ0n) is 7.46. The van der Waals surface area contributed by atoms with Crippen molar-refractivity contribution in [3.8, 4) is 0 Å². The topological polar surface area (TPSA) is 52.8 Å². The number of rotatable bonds is 3. The molecule has 0 spiro atoms. The maximum absolute atomic E-state index is 6.96. The van der Waals surface area contributed by atoms with Gasteiger partial charge in [-0.1, -0.05) is 6.07 Å². The number of nitrogens with zero attached hydrogens (tertiary/aromatic N) is 1. The van der Waals surface area contributed by atoms with E-state index in [2.05, 4.69) is 17.4 Å². The molecule has 3 heteroatoms. The Hall–Kier alpha value is -1.22. The molecule has 0 saturated carbocycles. The highest BCUT2D eigenvalue weighted by Crippen LogP contribution is 2.21. The first-order valence-electron chi connectivity index (χ1n) is 4.09. The predicted octanol–water partition coefficient (Wildman–Crippen LogP) is 1.87. The van der Waals surface area contributed by atoms with Crippen molar-refractivity contribution >= 4 is 11.4 Å². The third kappa shape index (κ3) is 1.89. The fourth-order valence-electron chi connectivity index (χ4n) is 1.14. The Morgan fingerprint density at radius 1 is 1.50 bits per heavy atom. The van der Waals surface area contributed by atoms with Crippen LogP contribution in [0.25, 0.3) is 0 Å². The van der Waals surface area contributed by atoms with Crippen molar-refractivity contribution in [2.45, 2.75) is 13.8 Å². The van der Waals surface area contributed by atoms with Crippen molar-refractivity contribution in [2.75, 3.05) is 6.54 Å². The summed E-state index contributed by atoms with van der Waals surface area (Å²) in [6.45, 7) is 5.06. The number of quaternary nitrogens is 1. The van der Waals surface area contributed by atoms with Gasteiger partial charge in [-0.3, -0.25) is 0 Å². The minimum atomic E-state index is 0.761. The molecule has 0 amide bonds. The molecule has 0 fully saturated rings. The van der Waals surface area contributed by atoms with Gasteiger partial charge in [0.1, 0.15) is 5.69 Å². The number of benzene rings is 1. The molecule has 3 N–H and O–H groups in total. The van der Waals surface area contributed by atoms with Gasteiger partial charge in [0.2, 0.25) is 0 Å². The summed E-state index contributed by atoms with van der Waals surface area (Å²) in [6.07, 6.45) is 0. The molecule has 3 nitrogen and oxygen atoms in total. The van der Waals surface area contributed by atoms with Gasteiger partial charge < -0.3 is 5.32 Å². The Kier molecular flexibility index (Phi) is 2.94. The Balaban J connectivity index is 3.02. The molecule has 0 radical (unpaired) electrons. The van der Waals surface area contributed by atoms with E-state index in [0.29, 0.717) is 0 Å². The molecule has 1 aromatic rings. The average molecular weight is 164 g/mol. The van der Waals surface area contributed by atoms with Crippen LogP contribution in [0, 0.1) is 12.5 Å². The summed E-state index contributed by atoms with van der Waals surface area (Å²) >= 11 is 0. The first-order valence-corrected chi connectivity index (χ1v) is 4.09. The van der Waals surface area contributed by atoms with Gasteiger partial charge in [0.25, 0.3) is 0 Å². The van der Waals surface area contributed by atoms with E-state index in [-0.39, 0.29) is 0 Å². The molecule has 0 aromatic heterocycles. The summed E-state index contributed by atoms with van der Waals surface area (Å²) in [4.78, 5) is 0. The third-order valence-electron chi connectivity index (χ3n) is 1.73. The van der Waals surface area contributed by atoms with Crippen LogP contribution in [0.5, 0.6) is 0 Å². The van der Waals surface area contributed by atoms with Crippen LogP contribution in [0.1, 0.15) is 12.5 Å². The predicted molar refractivity (Wildman–Crippen MR) is 48.1 cm³/mol. The number of nitrogens with one attached hydrogen (secondary N) is 1. The molecule has 64 valence electrons. The second-order valence-electron chi connectivity index (χ2n) is 2.79. The lowest BCUT2D eigenvalue weighted by Gasteiger charge is -2.01. The lowest BCUT2D eigenvalue weighted by Crippen LogP contribution is -2.77. The normalized spacial score (nSPS) is 9.83. The molecule has 0 unspecified atom stereocenters. The largest absolute Gasteiger partial charge is 0.312 e. The monoisotopic (exact) mass is 164 g/mol. The minimum absolute atomic E-state index is 0.761. The molecule has 0 aliphatic rings. The molecule has 0 saturated heterocycles. The van der Waals surface area contributed by atoms with Gasteiger partial charge in [0.05, 0.1) is 6.54 Å². The summed E-state index contributed by atoms with van der Waals surface area (Å²) < 4.78 is 0. The van der Waals surface area contributed by atoms with Crippen LogP contribution in [-0.2, 0) is 0 Å². The smallest absolute Gasteiger partial charge is 0.157 e. The summed E-state index contributed by atoms with van der Waals surface area (Å²) in [7, 11) is 0. The first-order chi connectivity index (χ1) is 5.77. The summed E-state index contributed by atoms with van der Waals surface area (Å²) in [5.74, 6) is 0. The molecular formula is C9H14N3+. The summed E-state index contributed by atoms with van der Waals surface area (Å²) in [5.41, 5.74) is 9.93. The third-order valence-corrected chi connectivity index (χ3v) is 1.73. The molecule has 0 bridgehead atoms. The van der Waals surface area contributed by atoms with Gasteiger partial charge in [-0.05, 0) is 25.5 Å². The first kappa shape index (κ1) is 8.87. The maximum Gasteiger partial charge on any atom is 0.157 e. The van der Waals surface area contributed by atoms with E-state index in [0.717, 1.165) is 23.5 Å². The molecule has 0 atom stereocenters. The Bertz CT molecular complexity index is 281. The van der Waals surface area contributed by atoms with Crippen molar-refractivity contribution in [1.82, 2.24) is 0 Å². The van der Waals surface area contributed by atoms with E-state index < -0.39 is 0 Å². The van der Waals surface area contributed by atoms with Crippen molar-refractivity contribution in [3.63, 3.8) is 0 Å². The summed E-state index contributed by atoms with van der Waals surface area (Å²) in [6, 6.07) is 5.97. The highest BCUT2D eigenvalue weighted by molar-refractivity contribution is 5.57. The number of nitrogens with two attached hydrogens (primary N) is 1.